The smallest absolute Gasteiger partial charge is 0.306 e. The second-order valence-electron chi connectivity index (χ2n) is 6.67. The normalized spacial score (nSPS) is 27.5. The number of hydrogen-bond acceptors (Lipinski definition) is 4. The van der Waals surface area contributed by atoms with E-state index in [1.54, 1.807) is 6.92 Å². The molecule has 1 aliphatic carbocycles. The van der Waals surface area contributed by atoms with Crippen molar-refractivity contribution in [1.82, 2.24) is 0 Å². The number of hydrogen-bond donors (Lipinski definition) is 0. The molecule has 0 spiro atoms. The zero-order valence-corrected chi connectivity index (χ0v) is 13.9. The first-order valence-corrected chi connectivity index (χ1v) is 7.97. The van der Waals surface area contributed by atoms with E-state index in [2.05, 4.69) is 0 Å². The molecule has 1 rings (SSSR count). The Hall–Kier alpha value is -1.19. The minimum Gasteiger partial charge on any atom is -0.466 e. The molecule has 1 saturated carbocycles. The Bertz CT molecular complexity index is 413. The van der Waals surface area contributed by atoms with E-state index in [1.165, 1.54) is 0 Å². The Kier molecular flexibility index (Phi) is 6.11. The fourth-order valence-corrected chi connectivity index (χ4v) is 3.32. The molecule has 0 aromatic carbocycles. The molecule has 0 amide bonds. The molecule has 1 fully saturated rings. The summed E-state index contributed by atoms with van der Waals surface area (Å²) in [4.78, 5) is 36.7. The Balaban J connectivity index is 3.00. The molecule has 0 radical (unpaired) electrons. The van der Waals surface area contributed by atoms with Crippen molar-refractivity contribution >= 4 is 17.5 Å². The number of carbonyl (C=O) groups excluding carboxylic acids is 3. The van der Waals surface area contributed by atoms with Gasteiger partial charge in [0.15, 0.2) is 0 Å². The van der Waals surface area contributed by atoms with E-state index >= 15 is 0 Å². The average molecular weight is 296 g/mol. The van der Waals surface area contributed by atoms with Gasteiger partial charge in [-0.05, 0) is 25.7 Å². The molecule has 0 aromatic rings. The van der Waals surface area contributed by atoms with Crippen LogP contribution in [0, 0.1) is 23.2 Å². The molecule has 0 saturated heterocycles. The molecular weight excluding hydrogens is 268 g/mol. The summed E-state index contributed by atoms with van der Waals surface area (Å²) >= 11 is 0. The summed E-state index contributed by atoms with van der Waals surface area (Å²) in [5, 5.41) is 0. The van der Waals surface area contributed by atoms with E-state index in [9.17, 15) is 14.4 Å². The zero-order valence-electron chi connectivity index (χ0n) is 13.9. The molecular formula is C17H28O4. The summed E-state index contributed by atoms with van der Waals surface area (Å²) in [7, 11) is 0. The zero-order chi connectivity index (χ0) is 16.2. The lowest BCUT2D eigenvalue weighted by Gasteiger charge is -2.42. The highest BCUT2D eigenvalue weighted by atomic mass is 16.5. The molecule has 0 heterocycles. The van der Waals surface area contributed by atoms with Gasteiger partial charge >= 0.3 is 5.97 Å². The molecule has 21 heavy (non-hydrogen) atoms. The summed E-state index contributed by atoms with van der Waals surface area (Å²) in [6, 6.07) is 0. The van der Waals surface area contributed by atoms with Crippen LogP contribution in [0.1, 0.15) is 60.3 Å². The summed E-state index contributed by atoms with van der Waals surface area (Å²) < 4.78 is 5.00. The van der Waals surface area contributed by atoms with Crippen LogP contribution in [0.5, 0.6) is 0 Å². The van der Waals surface area contributed by atoms with Crippen molar-refractivity contribution in [3.63, 3.8) is 0 Å². The Labute approximate surface area is 127 Å². The molecule has 120 valence electrons. The fraction of sp³-hybridized carbons (Fsp3) is 0.824. The molecule has 0 aliphatic heterocycles. The van der Waals surface area contributed by atoms with Crippen molar-refractivity contribution in [3.05, 3.63) is 0 Å². The maximum atomic E-state index is 12.7. The molecule has 4 nitrogen and oxygen atoms in total. The standard InChI is InChI=1S/C17H28O4/c1-6-21-15(19)9-13(5)17(16(20)11(2)3)8-7-12(4)14(18)10-17/h11-13H,6-10H2,1-5H3. The van der Waals surface area contributed by atoms with Gasteiger partial charge in [-0.25, -0.2) is 0 Å². The van der Waals surface area contributed by atoms with E-state index in [1.807, 2.05) is 27.7 Å². The molecule has 0 aromatic heterocycles. The van der Waals surface area contributed by atoms with Crippen LogP contribution in [0.15, 0.2) is 0 Å². The number of carbonyl (C=O) groups is 3. The topological polar surface area (TPSA) is 60.4 Å². The van der Waals surface area contributed by atoms with Crippen LogP contribution in [0.25, 0.3) is 0 Å². The number of ether oxygens (including phenoxy) is 1. The van der Waals surface area contributed by atoms with Crippen molar-refractivity contribution in [2.24, 2.45) is 23.2 Å². The van der Waals surface area contributed by atoms with Gasteiger partial charge in [0, 0.05) is 30.1 Å². The predicted octanol–water partition coefficient (Wildman–Crippen LogP) is 3.18. The highest BCUT2D eigenvalue weighted by molar-refractivity contribution is 5.94. The SMILES string of the molecule is CCOC(=O)CC(C)C1(C(=O)C(C)C)CCC(C)C(=O)C1. The van der Waals surface area contributed by atoms with E-state index in [0.717, 1.165) is 6.42 Å². The largest absolute Gasteiger partial charge is 0.466 e. The van der Waals surface area contributed by atoms with Gasteiger partial charge in [-0.2, -0.15) is 0 Å². The lowest BCUT2D eigenvalue weighted by atomic mass is 9.59. The van der Waals surface area contributed by atoms with E-state index in [0.29, 0.717) is 13.0 Å². The van der Waals surface area contributed by atoms with Crippen LogP contribution < -0.4 is 0 Å². The molecule has 3 unspecified atom stereocenters. The maximum Gasteiger partial charge on any atom is 0.306 e. The molecule has 0 bridgehead atoms. The number of ketones is 2. The first-order valence-electron chi connectivity index (χ1n) is 7.97. The third kappa shape index (κ3) is 3.92. The average Bonchev–Trinajstić information content (AvgIpc) is 2.41. The highest BCUT2D eigenvalue weighted by Crippen LogP contribution is 2.46. The lowest BCUT2D eigenvalue weighted by molar-refractivity contribution is -0.151. The van der Waals surface area contributed by atoms with Crippen molar-refractivity contribution in [3.8, 4) is 0 Å². The van der Waals surface area contributed by atoms with Gasteiger partial charge < -0.3 is 4.74 Å². The molecule has 3 atom stereocenters. The van der Waals surface area contributed by atoms with Crippen LogP contribution >= 0.6 is 0 Å². The van der Waals surface area contributed by atoms with Crippen molar-refractivity contribution < 1.29 is 19.1 Å². The van der Waals surface area contributed by atoms with Gasteiger partial charge in [-0.1, -0.05) is 27.7 Å². The van der Waals surface area contributed by atoms with Gasteiger partial charge in [0.2, 0.25) is 0 Å². The number of rotatable bonds is 6. The second kappa shape index (κ2) is 7.19. The Morgan fingerprint density at radius 2 is 1.95 bits per heavy atom. The van der Waals surface area contributed by atoms with Crippen LogP contribution in [0.4, 0.5) is 0 Å². The second-order valence-corrected chi connectivity index (χ2v) is 6.67. The summed E-state index contributed by atoms with van der Waals surface area (Å²) in [5.74, 6) is -0.302. The molecule has 1 aliphatic rings. The van der Waals surface area contributed by atoms with Crippen molar-refractivity contribution in [2.45, 2.75) is 60.3 Å². The fourth-order valence-electron chi connectivity index (χ4n) is 3.32. The minimum absolute atomic E-state index is 0.0212. The summed E-state index contributed by atoms with van der Waals surface area (Å²) in [6.45, 7) is 9.66. The maximum absolute atomic E-state index is 12.7. The molecule has 4 heteroatoms. The van der Waals surface area contributed by atoms with Crippen molar-refractivity contribution in [2.75, 3.05) is 6.61 Å². The van der Waals surface area contributed by atoms with Gasteiger partial charge in [-0.3, -0.25) is 14.4 Å². The number of Topliss-reactive ketones (excluding diaryl/α,β-unsaturated/α-hetero) is 2. The summed E-state index contributed by atoms with van der Waals surface area (Å²) in [6.07, 6.45) is 1.89. The van der Waals surface area contributed by atoms with Crippen LogP contribution in [-0.4, -0.2) is 24.1 Å². The molecule has 0 N–H and O–H groups in total. The van der Waals surface area contributed by atoms with Gasteiger partial charge in [-0.15, -0.1) is 0 Å². The first kappa shape index (κ1) is 17.9. The van der Waals surface area contributed by atoms with E-state index in [-0.39, 0.29) is 48.1 Å². The van der Waals surface area contributed by atoms with Gasteiger partial charge in [0.25, 0.3) is 0 Å². The van der Waals surface area contributed by atoms with Crippen LogP contribution in [0.2, 0.25) is 0 Å². The van der Waals surface area contributed by atoms with Crippen molar-refractivity contribution in [1.29, 1.82) is 0 Å². The first-order chi connectivity index (χ1) is 9.74. The minimum atomic E-state index is -0.690. The highest BCUT2D eigenvalue weighted by Gasteiger charge is 2.49. The van der Waals surface area contributed by atoms with Crippen LogP contribution in [-0.2, 0) is 19.1 Å². The lowest BCUT2D eigenvalue weighted by Crippen LogP contribution is -2.46. The third-order valence-corrected chi connectivity index (χ3v) is 4.80. The summed E-state index contributed by atoms with van der Waals surface area (Å²) in [5.41, 5.74) is -0.690. The predicted molar refractivity (Wildman–Crippen MR) is 80.7 cm³/mol. The van der Waals surface area contributed by atoms with E-state index < -0.39 is 5.41 Å². The van der Waals surface area contributed by atoms with Gasteiger partial charge in [0.1, 0.15) is 11.6 Å². The Morgan fingerprint density at radius 1 is 1.33 bits per heavy atom. The quantitative estimate of drug-likeness (QED) is 0.706. The third-order valence-electron chi connectivity index (χ3n) is 4.80. The number of esters is 1. The van der Waals surface area contributed by atoms with E-state index in [4.69, 9.17) is 4.74 Å². The van der Waals surface area contributed by atoms with Crippen LogP contribution in [0.3, 0.4) is 0 Å². The van der Waals surface area contributed by atoms with Gasteiger partial charge in [0.05, 0.1) is 6.61 Å². The Morgan fingerprint density at radius 3 is 2.43 bits per heavy atom. The monoisotopic (exact) mass is 296 g/mol.